The van der Waals surface area contributed by atoms with Gasteiger partial charge in [0.25, 0.3) is 0 Å². The van der Waals surface area contributed by atoms with Crippen molar-refractivity contribution in [2.45, 2.75) is 46.0 Å². The first kappa shape index (κ1) is 21.8. The molecule has 0 bridgehead atoms. The van der Waals surface area contributed by atoms with Crippen LogP contribution in [0.5, 0.6) is 5.75 Å². The quantitative estimate of drug-likeness (QED) is 0.590. The van der Waals surface area contributed by atoms with Crippen molar-refractivity contribution in [2.75, 3.05) is 0 Å². The number of nitrogens with zero attached hydrogens (tertiary/aromatic N) is 1. The molecule has 1 heterocycles. The summed E-state index contributed by atoms with van der Waals surface area (Å²) in [6, 6.07) is 5.82. The van der Waals surface area contributed by atoms with Crippen LogP contribution in [0.25, 0.3) is 5.57 Å². The zero-order valence-corrected chi connectivity index (χ0v) is 19.0. The second-order valence-corrected chi connectivity index (χ2v) is 9.13. The van der Waals surface area contributed by atoms with Crippen molar-refractivity contribution in [3.63, 3.8) is 0 Å². The number of allylic oxidation sites excluding steroid dienone is 2. The highest BCUT2D eigenvalue weighted by molar-refractivity contribution is 6.44. The van der Waals surface area contributed by atoms with E-state index in [1.807, 2.05) is 18.3 Å². The summed E-state index contributed by atoms with van der Waals surface area (Å²) in [6.07, 6.45) is 9.30. The lowest BCUT2D eigenvalue weighted by Gasteiger charge is -2.42. The number of halogens is 2. The molecule has 31 heavy (non-hydrogen) atoms. The number of rotatable bonds is 6. The van der Waals surface area contributed by atoms with Gasteiger partial charge in [-0.1, -0.05) is 42.6 Å². The molecule has 1 amide bonds. The molecule has 7 heteroatoms. The number of hydrogen-bond acceptors (Lipinski definition) is 4. The normalized spacial score (nSPS) is 21.9. The third kappa shape index (κ3) is 3.97. The minimum absolute atomic E-state index is 0.106. The number of carbonyl (C=O) groups is 2. The van der Waals surface area contributed by atoms with Crippen LogP contribution in [-0.4, -0.2) is 16.7 Å². The second kappa shape index (κ2) is 8.64. The van der Waals surface area contributed by atoms with Gasteiger partial charge < -0.3 is 4.84 Å². The first-order valence-corrected chi connectivity index (χ1v) is 11.2. The molecule has 2 aliphatic carbocycles. The van der Waals surface area contributed by atoms with Crippen molar-refractivity contribution >= 4 is 40.5 Å². The van der Waals surface area contributed by atoms with E-state index >= 15 is 0 Å². The van der Waals surface area contributed by atoms with Gasteiger partial charge in [0.05, 0.1) is 5.02 Å². The zero-order chi connectivity index (χ0) is 22.2. The summed E-state index contributed by atoms with van der Waals surface area (Å²) in [5.74, 6) is 0.204. The molecule has 0 spiro atoms. The Labute approximate surface area is 191 Å². The van der Waals surface area contributed by atoms with Crippen molar-refractivity contribution in [1.82, 2.24) is 10.5 Å². The lowest BCUT2D eigenvalue weighted by atomic mass is 9.61. The lowest BCUT2D eigenvalue weighted by molar-refractivity contribution is -0.125. The maximum atomic E-state index is 12.8. The van der Waals surface area contributed by atoms with Gasteiger partial charge in [-0.25, -0.2) is 0 Å². The Morgan fingerprint density at radius 1 is 1.35 bits per heavy atom. The number of hydrogen-bond donors (Lipinski definition) is 1. The van der Waals surface area contributed by atoms with Crippen molar-refractivity contribution in [2.24, 2.45) is 11.3 Å². The Kier molecular flexibility index (Phi) is 6.09. The number of benzene rings is 1. The van der Waals surface area contributed by atoms with Crippen LogP contribution < -0.4 is 10.3 Å². The van der Waals surface area contributed by atoms with Crippen LogP contribution in [-0.2, 0) is 22.4 Å². The largest absolute Gasteiger partial charge is 0.378 e. The summed E-state index contributed by atoms with van der Waals surface area (Å²) < 4.78 is 0. The number of pyridine rings is 1. The number of amides is 1. The van der Waals surface area contributed by atoms with E-state index in [0.717, 1.165) is 47.9 Å². The molecule has 1 N–H and O–H groups in total. The van der Waals surface area contributed by atoms with Gasteiger partial charge in [0.15, 0.2) is 11.5 Å². The predicted octanol–water partition coefficient (Wildman–Crippen LogP) is 5.38. The monoisotopic (exact) mass is 458 g/mol. The fourth-order valence-corrected chi connectivity index (χ4v) is 5.65. The van der Waals surface area contributed by atoms with E-state index < -0.39 is 0 Å². The average Bonchev–Trinajstić information content (AvgIpc) is 3.05. The number of carbonyl (C=O) groups excluding carboxylic acids is 2. The summed E-state index contributed by atoms with van der Waals surface area (Å²) in [7, 11) is 0. The van der Waals surface area contributed by atoms with E-state index in [1.54, 1.807) is 12.3 Å². The van der Waals surface area contributed by atoms with Gasteiger partial charge >= 0.3 is 0 Å². The summed E-state index contributed by atoms with van der Waals surface area (Å²) in [6.45, 7) is 3.51. The topological polar surface area (TPSA) is 68.3 Å². The summed E-state index contributed by atoms with van der Waals surface area (Å²) >= 11 is 13.2. The maximum Gasteiger partial charge on any atom is 0.249 e. The first-order valence-electron chi connectivity index (χ1n) is 10.4. The van der Waals surface area contributed by atoms with E-state index in [-0.39, 0.29) is 28.0 Å². The number of ketones is 1. The molecule has 0 aliphatic heterocycles. The van der Waals surface area contributed by atoms with Crippen LogP contribution in [0.4, 0.5) is 0 Å². The van der Waals surface area contributed by atoms with E-state index in [2.05, 4.69) is 23.5 Å². The molecule has 0 radical (unpaired) electrons. The fraction of sp³-hybridized carbons (Fsp3) is 0.375. The van der Waals surface area contributed by atoms with Gasteiger partial charge in [-0.3, -0.25) is 14.6 Å². The van der Waals surface area contributed by atoms with E-state index in [0.29, 0.717) is 17.2 Å². The highest BCUT2D eigenvalue weighted by Gasteiger charge is 2.50. The SMILES string of the molecule is CCCC12Cc3cc(ONC(C)=O)c(Cl)c(Cl)c3C1=CC(=O)CC2Cc1cccnc1. The Hall–Kier alpha value is -2.37. The molecule has 0 saturated heterocycles. The third-order valence-electron chi connectivity index (χ3n) is 6.31. The molecule has 162 valence electrons. The molecule has 2 unspecified atom stereocenters. The minimum Gasteiger partial charge on any atom is -0.378 e. The Bertz CT molecular complexity index is 1070. The fourth-order valence-electron chi connectivity index (χ4n) is 5.15. The van der Waals surface area contributed by atoms with Crippen LogP contribution >= 0.6 is 23.2 Å². The summed E-state index contributed by atoms with van der Waals surface area (Å²) in [5, 5.41) is 0.586. The summed E-state index contributed by atoms with van der Waals surface area (Å²) in [5.41, 5.74) is 6.02. The zero-order valence-electron chi connectivity index (χ0n) is 17.5. The molecule has 0 saturated carbocycles. The Balaban J connectivity index is 1.80. The van der Waals surface area contributed by atoms with Crippen molar-refractivity contribution < 1.29 is 14.4 Å². The summed E-state index contributed by atoms with van der Waals surface area (Å²) in [4.78, 5) is 33.7. The van der Waals surface area contributed by atoms with E-state index in [9.17, 15) is 9.59 Å². The number of fused-ring (bicyclic) bond motifs is 3. The lowest BCUT2D eigenvalue weighted by Crippen LogP contribution is -2.37. The Morgan fingerprint density at radius 2 is 2.16 bits per heavy atom. The Morgan fingerprint density at radius 3 is 2.84 bits per heavy atom. The molecular formula is C24H24Cl2N2O3. The standard InChI is InChI=1S/C24H24Cl2N2O3/c1-3-6-24-12-16-9-20(31-28-14(2)29)22(25)23(26)21(16)19(24)11-18(30)10-17(24)8-15-5-4-7-27-13-15/h4-5,7,9,11,13,17H,3,6,8,10,12H2,1-2H3,(H,28,29). The third-order valence-corrected chi connectivity index (χ3v) is 7.16. The van der Waals surface area contributed by atoms with Crippen molar-refractivity contribution in [3.05, 3.63) is 63.4 Å². The van der Waals surface area contributed by atoms with E-state index in [4.69, 9.17) is 28.0 Å². The molecular weight excluding hydrogens is 435 g/mol. The van der Waals surface area contributed by atoms with Crippen LogP contribution in [0.15, 0.2) is 36.7 Å². The molecule has 2 aliphatic rings. The van der Waals surface area contributed by atoms with Crippen molar-refractivity contribution in [3.8, 4) is 5.75 Å². The van der Waals surface area contributed by atoms with Crippen molar-refractivity contribution in [1.29, 1.82) is 0 Å². The smallest absolute Gasteiger partial charge is 0.249 e. The van der Waals surface area contributed by atoms with Gasteiger partial charge in [-0.15, -0.1) is 0 Å². The van der Waals surface area contributed by atoms with Crippen LogP contribution in [0.3, 0.4) is 0 Å². The molecule has 5 nitrogen and oxygen atoms in total. The van der Waals surface area contributed by atoms with Gasteiger partial charge in [0, 0.05) is 36.7 Å². The van der Waals surface area contributed by atoms with Crippen LogP contribution in [0, 0.1) is 11.3 Å². The molecule has 2 atom stereocenters. The number of hydroxylamine groups is 1. The van der Waals surface area contributed by atoms with E-state index in [1.165, 1.54) is 6.92 Å². The highest BCUT2D eigenvalue weighted by atomic mass is 35.5. The second-order valence-electron chi connectivity index (χ2n) is 8.37. The molecule has 0 fully saturated rings. The van der Waals surface area contributed by atoms with Gasteiger partial charge in [0.2, 0.25) is 5.91 Å². The predicted molar refractivity (Wildman–Crippen MR) is 121 cm³/mol. The molecule has 4 rings (SSSR count). The van der Waals surface area contributed by atoms with Gasteiger partial charge in [-0.2, -0.15) is 5.48 Å². The minimum atomic E-state index is -0.339. The van der Waals surface area contributed by atoms with Crippen LogP contribution in [0.1, 0.15) is 49.8 Å². The molecule has 1 aromatic heterocycles. The molecule has 2 aromatic rings. The number of nitrogens with one attached hydrogen (secondary N) is 1. The number of aromatic nitrogens is 1. The average molecular weight is 459 g/mol. The molecule has 1 aromatic carbocycles. The van der Waals surface area contributed by atoms with Gasteiger partial charge in [0.1, 0.15) is 5.02 Å². The maximum absolute atomic E-state index is 12.8. The highest BCUT2D eigenvalue weighted by Crippen LogP contribution is 2.60. The van der Waals surface area contributed by atoms with Gasteiger partial charge in [-0.05, 0) is 60.1 Å². The van der Waals surface area contributed by atoms with Crippen LogP contribution in [0.2, 0.25) is 10.0 Å². The first-order chi connectivity index (χ1) is 14.9.